The highest BCUT2D eigenvalue weighted by Gasteiger charge is 2.19. The molecule has 1 aromatic rings. The topological polar surface area (TPSA) is 34.1 Å². The summed E-state index contributed by atoms with van der Waals surface area (Å²) in [6, 6.07) is 0. The van der Waals surface area contributed by atoms with Crippen LogP contribution >= 0.6 is 11.3 Å². The molecule has 0 bridgehead atoms. The van der Waals surface area contributed by atoms with Crippen LogP contribution in [0.2, 0.25) is 0 Å². The average Bonchev–Trinajstić information content (AvgIpc) is 2.87. The molecule has 0 unspecified atom stereocenters. The van der Waals surface area contributed by atoms with E-state index in [-0.39, 0.29) is 0 Å². The Morgan fingerprint density at radius 1 is 1.53 bits per heavy atom. The van der Waals surface area contributed by atoms with E-state index in [9.17, 15) is 0 Å². The van der Waals surface area contributed by atoms with Crippen molar-refractivity contribution in [2.45, 2.75) is 31.6 Å². The van der Waals surface area contributed by atoms with E-state index in [1.54, 1.807) is 18.4 Å². The normalized spacial score (nSPS) is 17.1. The quantitative estimate of drug-likeness (QED) is 0.784. The molecule has 0 radical (unpaired) electrons. The number of hydrogen-bond acceptors (Lipinski definition) is 4. The second-order valence-corrected chi connectivity index (χ2v) is 4.84. The summed E-state index contributed by atoms with van der Waals surface area (Å²) in [5.74, 6) is 0.722. The van der Waals surface area contributed by atoms with Crippen LogP contribution in [-0.4, -0.2) is 25.2 Å². The van der Waals surface area contributed by atoms with Crippen LogP contribution in [0.5, 0.6) is 0 Å². The molecule has 1 fully saturated rings. The summed E-state index contributed by atoms with van der Waals surface area (Å²) in [5, 5.41) is 6.51. The van der Waals surface area contributed by atoms with Crippen molar-refractivity contribution in [1.29, 1.82) is 0 Å². The van der Waals surface area contributed by atoms with Crippen molar-refractivity contribution in [2.75, 3.05) is 25.6 Å². The largest absolute Gasteiger partial charge is 0.383 e. The maximum Gasteiger partial charge on any atom is 0.182 e. The third-order valence-corrected chi connectivity index (χ3v) is 3.70. The maximum absolute atomic E-state index is 4.98. The van der Waals surface area contributed by atoms with Crippen molar-refractivity contribution in [3.05, 3.63) is 11.1 Å². The zero-order valence-corrected chi connectivity index (χ0v) is 9.98. The average molecular weight is 226 g/mol. The minimum absolute atomic E-state index is 0.722. The van der Waals surface area contributed by atoms with E-state index in [1.165, 1.54) is 31.4 Å². The number of hydrogen-bond donors (Lipinski definition) is 1. The summed E-state index contributed by atoms with van der Waals surface area (Å²) >= 11 is 1.71. The van der Waals surface area contributed by atoms with Gasteiger partial charge in [0.15, 0.2) is 5.13 Å². The molecule has 0 amide bonds. The highest BCUT2D eigenvalue weighted by atomic mass is 32.1. The number of thiazole rings is 1. The molecule has 1 N–H and O–H groups in total. The second-order valence-electron chi connectivity index (χ2n) is 3.98. The molecule has 1 saturated carbocycles. The number of nitrogens with zero attached hydrogens (tertiary/aromatic N) is 1. The van der Waals surface area contributed by atoms with Gasteiger partial charge in [-0.3, -0.25) is 0 Å². The van der Waals surface area contributed by atoms with Gasteiger partial charge in [0.25, 0.3) is 0 Å². The lowest BCUT2D eigenvalue weighted by molar-refractivity contribution is 0.211. The van der Waals surface area contributed by atoms with E-state index in [0.29, 0.717) is 0 Å². The fourth-order valence-electron chi connectivity index (χ4n) is 2.04. The number of nitrogens with one attached hydrogen (secondary N) is 1. The molecule has 1 aliphatic rings. The zero-order chi connectivity index (χ0) is 10.5. The van der Waals surface area contributed by atoms with Gasteiger partial charge in [0.1, 0.15) is 0 Å². The molecule has 0 saturated heterocycles. The fourth-order valence-corrected chi connectivity index (χ4v) is 2.86. The van der Waals surface area contributed by atoms with Crippen LogP contribution in [0.1, 0.15) is 37.3 Å². The van der Waals surface area contributed by atoms with Gasteiger partial charge in [0.2, 0.25) is 0 Å². The summed E-state index contributed by atoms with van der Waals surface area (Å²) in [6.45, 7) is 1.58. The molecule has 3 nitrogen and oxygen atoms in total. The van der Waals surface area contributed by atoms with Gasteiger partial charge in [0.05, 0.1) is 12.3 Å². The van der Waals surface area contributed by atoms with Crippen molar-refractivity contribution in [2.24, 2.45) is 0 Å². The Morgan fingerprint density at radius 2 is 2.33 bits per heavy atom. The molecule has 0 aromatic carbocycles. The lowest BCUT2D eigenvalue weighted by Gasteiger charge is -2.04. The predicted octanol–water partition coefficient (Wildman–Crippen LogP) is 2.86. The van der Waals surface area contributed by atoms with Gasteiger partial charge in [-0.15, -0.1) is 11.3 Å². The molecule has 1 aromatic heterocycles. The summed E-state index contributed by atoms with van der Waals surface area (Å²) < 4.78 is 4.98. The Labute approximate surface area is 94.9 Å². The minimum atomic E-state index is 0.722. The summed E-state index contributed by atoms with van der Waals surface area (Å²) in [4.78, 5) is 4.62. The van der Waals surface area contributed by atoms with Gasteiger partial charge < -0.3 is 10.1 Å². The van der Waals surface area contributed by atoms with Gasteiger partial charge >= 0.3 is 0 Å². The van der Waals surface area contributed by atoms with E-state index < -0.39 is 0 Å². The SMILES string of the molecule is COCCNc1nc(C2CCCC2)cs1. The van der Waals surface area contributed by atoms with Gasteiger partial charge in [-0.05, 0) is 12.8 Å². The lowest BCUT2D eigenvalue weighted by atomic mass is 10.1. The molecule has 84 valence electrons. The van der Waals surface area contributed by atoms with Crippen molar-refractivity contribution in [1.82, 2.24) is 4.98 Å². The molecule has 2 rings (SSSR count). The minimum Gasteiger partial charge on any atom is -0.383 e. The van der Waals surface area contributed by atoms with Crippen LogP contribution in [-0.2, 0) is 4.74 Å². The first kappa shape index (κ1) is 10.9. The maximum atomic E-state index is 4.98. The van der Waals surface area contributed by atoms with Crippen LogP contribution < -0.4 is 5.32 Å². The number of methoxy groups -OCH3 is 1. The van der Waals surface area contributed by atoms with Gasteiger partial charge in [0, 0.05) is 25.0 Å². The monoisotopic (exact) mass is 226 g/mol. The predicted molar refractivity (Wildman–Crippen MR) is 63.7 cm³/mol. The van der Waals surface area contributed by atoms with E-state index in [0.717, 1.165) is 24.2 Å². The second kappa shape index (κ2) is 5.47. The molecule has 0 atom stereocenters. The highest BCUT2D eigenvalue weighted by Crippen LogP contribution is 2.35. The third-order valence-electron chi connectivity index (χ3n) is 2.88. The Morgan fingerprint density at radius 3 is 3.07 bits per heavy atom. The highest BCUT2D eigenvalue weighted by molar-refractivity contribution is 7.13. The molecule has 1 heterocycles. The van der Waals surface area contributed by atoms with Crippen LogP contribution in [0.4, 0.5) is 5.13 Å². The van der Waals surface area contributed by atoms with Crippen molar-refractivity contribution < 1.29 is 4.74 Å². The first-order chi connectivity index (χ1) is 7.40. The van der Waals surface area contributed by atoms with E-state index in [1.807, 2.05) is 0 Å². The number of ether oxygens (including phenoxy) is 1. The van der Waals surface area contributed by atoms with Gasteiger partial charge in [-0.25, -0.2) is 4.98 Å². The molecule has 1 aliphatic carbocycles. The summed E-state index contributed by atoms with van der Waals surface area (Å²) in [7, 11) is 1.72. The molecular formula is C11H18N2OS. The molecular weight excluding hydrogens is 208 g/mol. The van der Waals surface area contributed by atoms with E-state index in [2.05, 4.69) is 15.7 Å². The molecule has 4 heteroatoms. The van der Waals surface area contributed by atoms with E-state index >= 15 is 0 Å². The van der Waals surface area contributed by atoms with Gasteiger partial charge in [-0.2, -0.15) is 0 Å². The zero-order valence-electron chi connectivity index (χ0n) is 9.16. The van der Waals surface area contributed by atoms with Crippen LogP contribution in [0.15, 0.2) is 5.38 Å². The summed E-state index contributed by atoms with van der Waals surface area (Å²) in [5.41, 5.74) is 1.29. The fraction of sp³-hybridized carbons (Fsp3) is 0.727. The molecule has 0 spiro atoms. The standard InChI is InChI=1S/C11H18N2OS/c1-14-7-6-12-11-13-10(8-15-11)9-4-2-3-5-9/h8-9H,2-7H2,1H3,(H,12,13). The van der Waals surface area contributed by atoms with Crippen molar-refractivity contribution in [3.63, 3.8) is 0 Å². The van der Waals surface area contributed by atoms with Gasteiger partial charge in [-0.1, -0.05) is 12.8 Å². The van der Waals surface area contributed by atoms with E-state index in [4.69, 9.17) is 4.74 Å². The van der Waals surface area contributed by atoms with Crippen LogP contribution in [0.25, 0.3) is 0 Å². The Hall–Kier alpha value is -0.610. The first-order valence-electron chi connectivity index (χ1n) is 5.58. The Bertz CT molecular complexity index is 295. The number of rotatable bonds is 5. The summed E-state index contributed by atoms with van der Waals surface area (Å²) in [6.07, 6.45) is 5.38. The van der Waals surface area contributed by atoms with Crippen LogP contribution in [0.3, 0.4) is 0 Å². The molecule has 15 heavy (non-hydrogen) atoms. The van der Waals surface area contributed by atoms with Crippen LogP contribution in [0, 0.1) is 0 Å². The first-order valence-corrected chi connectivity index (χ1v) is 6.46. The Kier molecular flexibility index (Phi) is 3.97. The number of anilines is 1. The van der Waals surface area contributed by atoms with Crippen molar-refractivity contribution in [3.8, 4) is 0 Å². The Balaban J connectivity index is 1.86. The number of aromatic nitrogens is 1. The van der Waals surface area contributed by atoms with Crippen molar-refractivity contribution >= 4 is 16.5 Å². The third kappa shape index (κ3) is 2.92. The molecule has 0 aliphatic heterocycles. The lowest BCUT2D eigenvalue weighted by Crippen LogP contribution is -2.07. The smallest absolute Gasteiger partial charge is 0.182 e.